The predicted octanol–water partition coefficient (Wildman–Crippen LogP) is 2.59. The Kier molecular flexibility index (Phi) is 6.45. The Morgan fingerprint density at radius 2 is 1.81 bits per heavy atom. The van der Waals surface area contributed by atoms with Crippen LogP contribution in [0.25, 0.3) is 0 Å². The van der Waals surface area contributed by atoms with Gasteiger partial charge in [-0.3, -0.25) is 24.2 Å². The van der Waals surface area contributed by atoms with E-state index in [1.165, 1.54) is 11.0 Å². The van der Waals surface area contributed by atoms with Gasteiger partial charge in [0.15, 0.2) is 0 Å². The number of anilines is 2. The summed E-state index contributed by atoms with van der Waals surface area (Å²) in [6.45, 7) is 4.33. The van der Waals surface area contributed by atoms with Crippen LogP contribution >= 0.6 is 22.9 Å². The van der Waals surface area contributed by atoms with Gasteiger partial charge in [-0.15, -0.1) is 11.3 Å². The third-order valence-corrected chi connectivity index (χ3v) is 6.27. The van der Waals surface area contributed by atoms with E-state index < -0.39 is 24.0 Å². The molecule has 0 bridgehead atoms. The Morgan fingerprint density at radius 1 is 1.12 bits per heavy atom. The fraction of sp³-hybridized carbons (Fsp3) is 0.286. The molecule has 1 atom stereocenters. The molecule has 2 fully saturated rings. The number of thiophene rings is 1. The van der Waals surface area contributed by atoms with Gasteiger partial charge in [-0.2, -0.15) is 0 Å². The van der Waals surface area contributed by atoms with Crippen molar-refractivity contribution in [2.75, 3.05) is 42.6 Å². The Balaban J connectivity index is 1.43. The van der Waals surface area contributed by atoms with E-state index in [9.17, 15) is 19.2 Å². The zero-order chi connectivity index (χ0) is 22.8. The van der Waals surface area contributed by atoms with E-state index in [-0.39, 0.29) is 25.6 Å². The maximum absolute atomic E-state index is 12.7. The number of amides is 4. The second-order valence-corrected chi connectivity index (χ2v) is 8.86. The van der Waals surface area contributed by atoms with Crippen molar-refractivity contribution >= 4 is 58.1 Å². The van der Waals surface area contributed by atoms with Crippen LogP contribution in [0.1, 0.15) is 9.67 Å². The highest BCUT2D eigenvalue weighted by Gasteiger charge is 2.36. The molecule has 2 aliphatic heterocycles. The molecule has 0 aliphatic carbocycles. The quantitative estimate of drug-likeness (QED) is 0.658. The van der Waals surface area contributed by atoms with E-state index in [0.717, 1.165) is 16.2 Å². The third kappa shape index (κ3) is 4.62. The van der Waals surface area contributed by atoms with Gasteiger partial charge in [0, 0.05) is 24.8 Å². The van der Waals surface area contributed by atoms with Crippen LogP contribution in [0, 0.1) is 6.92 Å². The molecule has 32 heavy (non-hydrogen) atoms. The second-order valence-electron chi connectivity index (χ2n) is 7.14. The number of rotatable bonds is 5. The van der Waals surface area contributed by atoms with Crippen LogP contribution in [-0.2, 0) is 19.1 Å². The predicted molar refractivity (Wildman–Crippen MR) is 118 cm³/mol. The van der Waals surface area contributed by atoms with Gasteiger partial charge in [0.1, 0.15) is 12.7 Å². The minimum absolute atomic E-state index is 0.0415. The van der Waals surface area contributed by atoms with E-state index in [1.54, 1.807) is 35.2 Å². The van der Waals surface area contributed by atoms with Crippen LogP contribution < -0.4 is 9.80 Å². The molecule has 0 N–H and O–H groups in total. The van der Waals surface area contributed by atoms with Crippen molar-refractivity contribution in [1.82, 2.24) is 4.90 Å². The molecule has 2 aromatic rings. The van der Waals surface area contributed by atoms with Crippen molar-refractivity contribution < 1.29 is 28.7 Å². The number of morpholine rings is 1. The van der Waals surface area contributed by atoms with Gasteiger partial charge >= 0.3 is 6.09 Å². The average Bonchev–Trinajstić information content (AvgIpc) is 3.37. The monoisotopic (exact) mass is 476 g/mol. The van der Waals surface area contributed by atoms with Crippen molar-refractivity contribution in [1.29, 1.82) is 0 Å². The minimum atomic E-state index is -0.715. The fourth-order valence-electron chi connectivity index (χ4n) is 3.49. The summed E-state index contributed by atoms with van der Waals surface area (Å²) in [6, 6.07) is 10.0. The molecule has 11 heteroatoms. The summed E-state index contributed by atoms with van der Waals surface area (Å²) < 4.78 is 10.9. The van der Waals surface area contributed by atoms with E-state index in [1.807, 2.05) is 0 Å². The molecular formula is C21H19ClN3O6S. The number of halogens is 1. The SMILES string of the molecule is [CH2]C(=O)N(C[C@H]1CN(c2ccc(N3CCOCC3=O)cc2)C(=O)O1)C(=O)c1ccc(Cl)s1. The number of carbonyl (C=O) groups excluding carboxylic acids is 4. The average molecular weight is 477 g/mol. The number of benzene rings is 1. The third-order valence-electron chi connectivity index (χ3n) is 5.05. The van der Waals surface area contributed by atoms with Crippen molar-refractivity contribution in [3.05, 3.63) is 52.5 Å². The van der Waals surface area contributed by atoms with Gasteiger partial charge in [0.05, 0.1) is 28.9 Å². The smallest absolute Gasteiger partial charge is 0.414 e. The summed E-state index contributed by atoms with van der Waals surface area (Å²) in [4.78, 5) is 53.3. The van der Waals surface area contributed by atoms with Crippen LogP contribution in [0.2, 0.25) is 4.34 Å². The lowest BCUT2D eigenvalue weighted by Crippen LogP contribution is -2.42. The summed E-state index contributed by atoms with van der Waals surface area (Å²) in [5.74, 6) is -1.37. The van der Waals surface area contributed by atoms with E-state index in [4.69, 9.17) is 21.1 Å². The molecule has 1 aromatic carbocycles. The molecule has 2 aliphatic rings. The highest BCUT2D eigenvalue weighted by atomic mass is 35.5. The number of nitrogens with zero attached hydrogens (tertiary/aromatic N) is 3. The first kappa shape index (κ1) is 22.3. The molecule has 167 valence electrons. The number of ether oxygens (including phenoxy) is 2. The summed E-state index contributed by atoms with van der Waals surface area (Å²) in [7, 11) is 0. The number of carbonyl (C=O) groups is 4. The molecule has 9 nitrogen and oxygen atoms in total. The molecule has 2 saturated heterocycles. The first-order valence-corrected chi connectivity index (χ1v) is 10.9. The molecule has 0 spiro atoms. The lowest BCUT2D eigenvalue weighted by atomic mass is 10.2. The van der Waals surface area contributed by atoms with E-state index >= 15 is 0 Å². The van der Waals surface area contributed by atoms with Crippen LogP contribution in [-0.4, -0.2) is 67.7 Å². The fourth-order valence-corrected chi connectivity index (χ4v) is 4.49. The Labute approximate surface area is 193 Å². The van der Waals surface area contributed by atoms with Gasteiger partial charge in [-0.05, 0) is 36.4 Å². The lowest BCUT2D eigenvalue weighted by molar-refractivity contribution is -0.126. The second kappa shape index (κ2) is 9.27. The highest BCUT2D eigenvalue weighted by molar-refractivity contribution is 7.18. The Bertz CT molecular complexity index is 1060. The normalized spacial score (nSPS) is 18.6. The number of hydrogen-bond acceptors (Lipinski definition) is 7. The molecule has 0 saturated carbocycles. The van der Waals surface area contributed by atoms with Gasteiger partial charge in [-0.1, -0.05) is 11.6 Å². The number of imide groups is 1. The van der Waals surface area contributed by atoms with Gasteiger partial charge < -0.3 is 14.4 Å². The first-order valence-electron chi connectivity index (χ1n) is 9.73. The summed E-state index contributed by atoms with van der Waals surface area (Å²) >= 11 is 6.93. The highest BCUT2D eigenvalue weighted by Crippen LogP contribution is 2.27. The zero-order valence-corrected chi connectivity index (χ0v) is 18.4. The van der Waals surface area contributed by atoms with Gasteiger partial charge in [0.25, 0.3) is 11.8 Å². The van der Waals surface area contributed by atoms with E-state index in [0.29, 0.717) is 33.7 Å². The maximum atomic E-state index is 12.7. The molecule has 4 rings (SSSR count). The van der Waals surface area contributed by atoms with Crippen molar-refractivity contribution in [3.8, 4) is 0 Å². The van der Waals surface area contributed by atoms with Crippen LogP contribution in [0.4, 0.5) is 16.2 Å². The van der Waals surface area contributed by atoms with Crippen molar-refractivity contribution in [3.63, 3.8) is 0 Å². The molecule has 1 radical (unpaired) electrons. The molecule has 1 aromatic heterocycles. The number of hydrogen-bond donors (Lipinski definition) is 0. The maximum Gasteiger partial charge on any atom is 0.414 e. The standard InChI is InChI=1S/C21H19ClN3O6S/c1-13(26)24(20(28)17-6-7-18(22)32-17)10-16-11-25(21(29)31-16)15-4-2-14(3-5-15)23-8-9-30-12-19(23)27/h2-7,16H,1,8-12H2/t16-/m0/s1. The van der Waals surface area contributed by atoms with Crippen LogP contribution in [0.15, 0.2) is 36.4 Å². The molecular weight excluding hydrogens is 458 g/mol. The van der Waals surface area contributed by atoms with Crippen molar-refractivity contribution in [2.45, 2.75) is 6.10 Å². The minimum Gasteiger partial charge on any atom is -0.442 e. The number of cyclic esters (lactones) is 1. The summed E-state index contributed by atoms with van der Waals surface area (Å²) in [5.41, 5.74) is 1.28. The first-order chi connectivity index (χ1) is 15.3. The largest absolute Gasteiger partial charge is 0.442 e. The van der Waals surface area contributed by atoms with E-state index in [2.05, 4.69) is 6.92 Å². The molecule has 3 heterocycles. The van der Waals surface area contributed by atoms with Gasteiger partial charge in [-0.25, -0.2) is 4.79 Å². The summed E-state index contributed by atoms with van der Waals surface area (Å²) in [5, 5.41) is 0. The Morgan fingerprint density at radius 3 is 2.41 bits per heavy atom. The van der Waals surface area contributed by atoms with Crippen molar-refractivity contribution in [2.24, 2.45) is 0 Å². The topological polar surface area (TPSA) is 96.5 Å². The molecule has 0 unspecified atom stereocenters. The van der Waals surface area contributed by atoms with Crippen LogP contribution in [0.3, 0.4) is 0 Å². The zero-order valence-electron chi connectivity index (χ0n) is 16.9. The van der Waals surface area contributed by atoms with Crippen LogP contribution in [0.5, 0.6) is 0 Å². The van der Waals surface area contributed by atoms with Gasteiger partial charge in [0.2, 0.25) is 5.91 Å². The lowest BCUT2D eigenvalue weighted by Gasteiger charge is -2.27. The molecule has 4 amide bonds. The Hall–Kier alpha value is -2.95. The summed E-state index contributed by atoms with van der Waals surface area (Å²) in [6.07, 6.45) is -1.30.